The molecule has 0 aliphatic heterocycles. The zero-order chi connectivity index (χ0) is 10.4. The molecule has 0 amide bonds. The first-order valence-corrected chi connectivity index (χ1v) is 6.39. The summed E-state index contributed by atoms with van der Waals surface area (Å²) in [6.07, 6.45) is 2.62. The lowest BCUT2D eigenvalue weighted by Crippen LogP contribution is -2.04. The van der Waals surface area contributed by atoms with Gasteiger partial charge in [-0.15, -0.1) is 0 Å². The molecule has 0 bridgehead atoms. The first kappa shape index (κ1) is 11.7. The van der Waals surface area contributed by atoms with Crippen LogP contribution in [0.25, 0.3) is 0 Å². The fourth-order valence-corrected chi connectivity index (χ4v) is 2.89. The summed E-state index contributed by atoms with van der Waals surface area (Å²) < 4.78 is 0. The second-order valence-corrected chi connectivity index (χ2v) is 5.59. The van der Waals surface area contributed by atoms with Crippen molar-refractivity contribution in [2.45, 2.75) is 38.9 Å². The molecule has 1 rings (SSSR count). The van der Waals surface area contributed by atoms with Gasteiger partial charge in [0.2, 0.25) is 0 Å². The predicted octanol–water partition coefficient (Wildman–Crippen LogP) is 2.64. The van der Waals surface area contributed by atoms with Crippen molar-refractivity contribution in [3.8, 4) is 0 Å². The Morgan fingerprint density at radius 3 is 2.43 bits per heavy atom. The average Bonchev–Trinajstić information content (AvgIpc) is 2.19. The van der Waals surface area contributed by atoms with Gasteiger partial charge < -0.3 is 5.73 Å². The highest BCUT2D eigenvalue weighted by atomic mass is 31.1. The van der Waals surface area contributed by atoms with Crippen molar-refractivity contribution in [1.82, 2.24) is 0 Å². The monoisotopic (exact) mass is 209 g/mol. The summed E-state index contributed by atoms with van der Waals surface area (Å²) in [6.45, 7) is 5.23. The van der Waals surface area contributed by atoms with E-state index in [1.54, 1.807) is 0 Å². The molecule has 1 aromatic rings. The topological polar surface area (TPSA) is 26.0 Å². The van der Waals surface area contributed by atoms with Crippen LogP contribution in [0.5, 0.6) is 0 Å². The van der Waals surface area contributed by atoms with Gasteiger partial charge in [-0.1, -0.05) is 53.1 Å². The lowest BCUT2D eigenvalue weighted by Gasteiger charge is -2.10. The van der Waals surface area contributed by atoms with Gasteiger partial charge in [0, 0.05) is 6.54 Å². The molecule has 0 heterocycles. The van der Waals surface area contributed by atoms with E-state index >= 15 is 0 Å². The Bertz CT molecular complexity index is 256. The Hall–Kier alpha value is -0.390. The minimum atomic E-state index is 0.647. The molecule has 2 N–H and O–H groups in total. The number of hydrogen-bond acceptors (Lipinski definition) is 1. The molecule has 2 atom stereocenters. The maximum absolute atomic E-state index is 5.55. The van der Waals surface area contributed by atoms with Crippen molar-refractivity contribution in [3.05, 3.63) is 29.8 Å². The third-order valence-electron chi connectivity index (χ3n) is 2.32. The molecule has 0 saturated heterocycles. The lowest BCUT2D eigenvalue weighted by molar-refractivity contribution is 0.785. The van der Waals surface area contributed by atoms with Crippen LogP contribution in [0.1, 0.15) is 32.3 Å². The van der Waals surface area contributed by atoms with Crippen LogP contribution in [0, 0.1) is 0 Å². The van der Waals surface area contributed by atoms with Crippen molar-refractivity contribution in [2.24, 2.45) is 5.73 Å². The number of benzene rings is 1. The SMILES string of the molecule is CCCC(C)Pc1ccc(CN)cc1. The molecule has 1 aromatic carbocycles. The smallest absolute Gasteiger partial charge is 0.0178 e. The lowest BCUT2D eigenvalue weighted by atomic mass is 10.2. The summed E-state index contributed by atoms with van der Waals surface area (Å²) in [5, 5.41) is 1.46. The summed E-state index contributed by atoms with van der Waals surface area (Å²) in [5.74, 6) is 0. The normalized spacial score (nSPS) is 13.6. The number of nitrogens with two attached hydrogens (primary N) is 1. The van der Waals surface area contributed by atoms with Gasteiger partial charge in [0.05, 0.1) is 0 Å². The van der Waals surface area contributed by atoms with Gasteiger partial charge >= 0.3 is 0 Å². The average molecular weight is 209 g/mol. The molecule has 0 aliphatic carbocycles. The minimum Gasteiger partial charge on any atom is -0.326 e. The first-order chi connectivity index (χ1) is 6.76. The van der Waals surface area contributed by atoms with Gasteiger partial charge in [-0.3, -0.25) is 0 Å². The molecule has 78 valence electrons. The van der Waals surface area contributed by atoms with Crippen molar-refractivity contribution in [3.63, 3.8) is 0 Å². The van der Waals surface area contributed by atoms with E-state index in [0.717, 1.165) is 14.2 Å². The molecule has 1 nitrogen and oxygen atoms in total. The highest BCUT2D eigenvalue weighted by molar-refractivity contribution is 7.47. The van der Waals surface area contributed by atoms with E-state index in [1.165, 1.54) is 23.7 Å². The Kier molecular flexibility index (Phi) is 5.14. The van der Waals surface area contributed by atoms with Crippen molar-refractivity contribution >= 4 is 13.9 Å². The summed E-state index contributed by atoms with van der Waals surface area (Å²) in [7, 11) is 0.942. The fraction of sp³-hybridized carbons (Fsp3) is 0.500. The Morgan fingerprint density at radius 2 is 1.93 bits per heavy atom. The van der Waals surface area contributed by atoms with E-state index in [2.05, 4.69) is 38.1 Å². The molecule has 0 aliphatic rings. The first-order valence-electron chi connectivity index (χ1n) is 5.31. The van der Waals surface area contributed by atoms with Gasteiger partial charge in [-0.25, -0.2) is 0 Å². The van der Waals surface area contributed by atoms with E-state index in [1.807, 2.05) is 0 Å². The summed E-state index contributed by atoms with van der Waals surface area (Å²) in [4.78, 5) is 0. The van der Waals surface area contributed by atoms with Crippen molar-refractivity contribution < 1.29 is 0 Å². The van der Waals surface area contributed by atoms with Crippen molar-refractivity contribution in [2.75, 3.05) is 0 Å². The third-order valence-corrected chi connectivity index (χ3v) is 3.77. The summed E-state index contributed by atoms with van der Waals surface area (Å²) >= 11 is 0. The van der Waals surface area contributed by atoms with Crippen molar-refractivity contribution in [1.29, 1.82) is 0 Å². The molecular formula is C12H20NP. The molecule has 0 saturated carbocycles. The maximum Gasteiger partial charge on any atom is 0.0178 e. The molecule has 0 radical (unpaired) electrons. The molecular weight excluding hydrogens is 189 g/mol. The molecule has 2 unspecified atom stereocenters. The highest BCUT2D eigenvalue weighted by Gasteiger charge is 2.01. The van der Waals surface area contributed by atoms with Gasteiger partial charge in [-0.05, 0) is 22.9 Å². The van der Waals surface area contributed by atoms with Crippen LogP contribution < -0.4 is 11.0 Å². The Labute approximate surface area is 88.9 Å². The van der Waals surface area contributed by atoms with Crippen LogP contribution in [0.3, 0.4) is 0 Å². The molecule has 0 fully saturated rings. The molecule has 2 heteroatoms. The van der Waals surface area contributed by atoms with Crippen LogP contribution in [0.15, 0.2) is 24.3 Å². The summed E-state index contributed by atoms with van der Waals surface area (Å²) in [5.41, 5.74) is 7.60. The standard InChI is InChI=1S/C12H20NP/c1-3-4-10(2)14-12-7-5-11(9-13)6-8-12/h5-8,10,14H,3-4,9,13H2,1-2H3. The molecule has 0 spiro atoms. The second-order valence-electron chi connectivity index (χ2n) is 3.74. The number of rotatable bonds is 5. The largest absolute Gasteiger partial charge is 0.326 e. The Morgan fingerprint density at radius 1 is 1.29 bits per heavy atom. The van der Waals surface area contributed by atoms with Crippen LogP contribution in [0.4, 0.5) is 0 Å². The van der Waals surface area contributed by atoms with E-state index in [9.17, 15) is 0 Å². The van der Waals surface area contributed by atoms with E-state index in [-0.39, 0.29) is 0 Å². The van der Waals surface area contributed by atoms with Crippen LogP contribution >= 0.6 is 8.58 Å². The molecule has 14 heavy (non-hydrogen) atoms. The van der Waals surface area contributed by atoms with Gasteiger partial charge in [-0.2, -0.15) is 0 Å². The van der Waals surface area contributed by atoms with E-state index < -0.39 is 0 Å². The summed E-state index contributed by atoms with van der Waals surface area (Å²) in [6, 6.07) is 8.71. The zero-order valence-electron chi connectivity index (χ0n) is 9.09. The Balaban J connectivity index is 2.50. The van der Waals surface area contributed by atoms with Crippen LogP contribution in [-0.2, 0) is 6.54 Å². The van der Waals surface area contributed by atoms with Gasteiger partial charge in [0.15, 0.2) is 0 Å². The molecule has 0 aromatic heterocycles. The van der Waals surface area contributed by atoms with Crippen LogP contribution in [0.2, 0.25) is 0 Å². The second kappa shape index (κ2) is 6.16. The van der Waals surface area contributed by atoms with E-state index in [0.29, 0.717) is 6.54 Å². The predicted molar refractivity (Wildman–Crippen MR) is 66.7 cm³/mol. The third kappa shape index (κ3) is 3.77. The minimum absolute atomic E-state index is 0.647. The van der Waals surface area contributed by atoms with Gasteiger partial charge in [0.1, 0.15) is 0 Å². The highest BCUT2D eigenvalue weighted by Crippen LogP contribution is 2.22. The van der Waals surface area contributed by atoms with Gasteiger partial charge in [0.25, 0.3) is 0 Å². The van der Waals surface area contributed by atoms with E-state index in [4.69, 9.17) is 5.73 Å². The quantitative estimate of drug-likeness (QED) is 0.741. The fourth-order valence-electron chi connectivity index (χ4n) is 1.53. The zero-order valence-corrected chi connectivity index (χ0v) is 10.1. The number of hydrogen-bond donors (Lipinski definition) is 1. The van der Waals surface area contributed by atoms with Crippen LogP contribution in [-0.4, -0.2) is 5.66 Å². The maximum atomic E-state index is 5.55.